The number of rotatable bonds is 2. The Hall–Kier alpha value is -1.38. The normalized spacial score (nSPS) is 38.5. The van der Waals surface area contributed by atoms with Gasteiger partial charge in [0.25, 0.3) is 0 Å². The first kappa shape index (κ1) is 15.8. The largest absolute Gasteiger partial charge is 0.357 e. The number of hydrogen-bond donors (Lipinski definition) is 0. The Bertz CT molecular complexity index is 865. The van der Waals surface area contributed by atoms with Gasteiger partial charge in [-0.15, -0.1) is 0 Å². The van der Waals surface area contributed by atoms with E-state index in [0.29, 0.717) is 22.8 Å². The van der Waals surface area contributed by atoms with Crippen molar-refractivity contribution in [1.82, 2.24) is 0 Å². The Morgan fingerprint density at radius 1 is 1.12 bits per heavy atom. The van der Waals surface area contributed by atoms with Crippen molar-refractivity contribution in [2.75, 3.05) is 0 Å². The molecule has 2 aliphatic carbocycles. The Morgan fingerprint density at radius 3 is 2.76 bits per heavy atom. The van der Waals surface area contributed by atoms with Crippen molar-refractivity contribution >= 4 is 11.6 Å². The molecule has 3 heteroatoms. The molecule has 2 aromatic carbocycles. The van der Waals surface area contributed by atoms with Crippen LogP contribution in [0.25, 0.3) is 11.1 Å². The molecule has 2 saturated carbocycles. The lowest BCUT2D eigenvalue weighted by Crippen LogP contribution is -2.24. The molecule has 2 aromatic rings. The van der Waals surface area contributed by atoms with Crippen LogP contribution in [-0.4, -0.2) is 5.60 Å². The highest BCUT2D eigenvalue weighted by molar-refractivity contribution is 6.30. The topological polar surface area (TPSA) is 12.5 Å². The summed E-state index contributed by atoms with van der Waals surface area (Å²) >= 11 is 6.21. The summed E-state index contributed by atoms with van der Waals surface area (Å²) in [7, 11) is 0. The lowest BCUT2D eigenvalue weighted by atomic mass is 9.78. The average molecular weight is 357 g/mol. The second kappa shape index (κ2) is 5.08. The van der Waals surface area contributed by atoms with Crippen molar-refractivity contribution in [1.29, 1.82) is 0 Å². The van der Waals surface area contributed by atoms with Crippen LogP contribution in [0.1, 0.15) is 38.7 Å². The molecule has 3 fully saturated rings. The standard InChI is InChI=1S/C22H22ClFO/c1-13-8-16-9-14(2)22(21(16,12-13)25-22)20-11-18(24)6-7-19(20)15-4-3-5-17(23)10-15/h3-7,10-11,13-14,16H,8-9,12H2,1-2H3. The van der Waals surface area contributed by atoms with Crippen molar-refractivity contribution in [3.63, 3.8) is 0 Å². The van der Waals surface area contributed by atoms with Crippen molar-refractivity contribution in [2.24, 2.45) is 17.8 Å². The quantitative estimate of drug-likeness (QED) is 0.584. The highest BCUT2D eigenvalue weighted by atomic mass is 35.5. The van der Waals surface area contributed by atoms with E-state index in [0.717, 1.165) is 23.1 Å². The zero-order valence-corrected chi connectivity index (χ0v) is 15.3. The SMILES string of the molecule is CC1CC2CC(C)C3(c4cc(F)ccc4-c4cccc(Cl)c4)OC23C1. The van der Waals surface area contributed by atoms with Crippen LogP contribution in [0.15, 0.2) is 42.5 Å². The van der Waals surface area contributed by atoms with E-state index < -0.39 is 0 Å². The van der Waals surface area contributed by atoms with Gasteiger partial charge in [0, 0.05) is 5.02 Å². The maximum absolute atomic E-state index is 14.2. The monoisotopic (exact) mass is 356 g/mol. The van der Waals surface area contributed by atoms with Crippen molar-refractivity contribution in [2.45, 2.75) is 44.3 Å². The van der Waals surface area contributed by atoms with E-state index in [1.165, 1.54) is 12.8 Å². The van der Waals surface area contributed by atoms with E-state index in [1.54, 1.807) is 12.1 Å². The molecule has 1 aliphatic heterocycles. The van der Waals surface area contributed by atoms with Crippen molar-refractivity contribution < 1.29 is 9.13 Å². The summed E-state index contributed by atoms with van der Waals surface area (Å²) in [4.78, 5) is 0. The van der Waals surface area contributed by atoms with E-state index in [9.17, 15) is 4.39 Å². The fourth-order valence-electron chi connectivity index (χ4n) is 5.96. The van der Waals surface area contributed by atoms with E-state index in [1.807, 2.05) is 30.3 Å². The summed E-state index contributed by atoms with van der Waals surface area (Å²) in [6, 6.07) is 13.0. The summed E-state index contributed by atoms with van der Waals surface area (Å²) in [5.41, 5.74) is 2.69. The van der Waals surface area contributed by atoms with Crippen LogP contribution in [-0.2, 0) is 10.3 Å². The lowest BCUT2D eigenvalue weighted by Gasteiger charge is -2.22. The van der Waals surface area contributed by atoms with Gasteiger partial charge in [0.2, 0.25) is 0 Å². The number of ether oxygens (including phenoxy) is 1. The first-order chi connectivity index (χ1) is 12.0. The Kier molecular flexibility index (Phi) is 3.22. The first-order valence-electron chi connectivity index (χ1n) is 9.22. The van der Waals surface area contributed by atoms with Crippen LogP contribution < -0.4 is 0 Å². The summed E-state index contributed by atoms with van der Waals surface area (Å²) < 4.78 is 20.8. The fraction of sp³-hybridized carbons (Fsp3) is 0.455. The molecule has 5 rings (SSSR count). The molecule has 0 N–H and O–H groups in total. The molecule has 1 nitrogen and oxygen atoms in total. The second-order valence-electron chi connectivity index (χ2n) is 8.31. The minimum Gasteiger partial charge on any atom is -0.357 e. The van der Waals surface area contributed by atoms with Gasteiger partial charge in [-0.05, 0) is 78.0 Å². The molecular formula is C22H22ClFO. The average Bonchev–Trinajstić information content (AvgIpc) is 3.04. The molecule has 1 spiro atoms. The highest BCUT2D eigenvalue weighted by Gasteiger charge is 2.81. The third-order valence-electron chi connectivity index (χ3n) is 6.78. The molecule has 25 heavy (non-hydrogen) atoms. The van der Waals surface area contributed by atoms with Gasteiger partial charge >= 0.3 is 0 Å². The zero-order chi connectivity index (χ0) is 17.4. The van der Waals surface area contributed by atoms with Gasteiger partial charge in [-0.25, -0.2) is 4.39 Å². The number of halogens is 2. The van der Waals surface area contributed by atoms with E-state index in [4.69, 9.17) is 16.3 Å². The van der Waals surface area contributed by atoms with Gasteiger partial charge in [-0.1, -0.05) is 43.6 Å². The second-order valence-corrected chi connectivity index (χ2v) is 8.74. The first-order valence-corrected chi connectivity index (χ1v) is 9.60. The molecule has 0 aromatic heterocycles. The minimum absolute atomic E-state index is 0.0764. The third kappa shape index (κ3) is 1.98. The Balaban J connectivity index is 1.69. The highest BCUT2D eigenvalue weighted by Crippen LogP contribution is 2.77. The number of hydrogen-bond acceptors (Lipinski definition) is 1. The summed E-state index contributed by atoms with van der Waals surface area (Å²) in [5, 5.41) is 0.698. The van der Waals surface area contributed by atoms with Crippen LogP contribution in [0.2, 0.25) is 5.02 Å². The smallest absolute Gasteiger partial charge is 0.126 e. The molecule has 0 bridgehead atoms. The molecule has 3 aliphatic rings. The maximum Gasteiger partial charge on any atom is 0.126 e. The minimum atomic E-state index is -0.331. The molecule has 1 heterocycles. The molecule has 130 valence electrons. The van der Waals surface area contributed by atoms with Gasteiger partial charge in [-0.3, -0.25) is 0 Å². The van der Waals surface area contributed by atoms with Gasteiger partial charge in [0.15, 0.2) is 0 Å². The van der Waals surface area contributed by atoms with Crippen LogP contribution in [0.4, 0.5) is 4.39 Å². The van der Waals surface area contributed by atoms with Gasteiger partial charge in [0.05, 0.1) is 0 Å². The van der Waals surface area contributed by atoms with Crippen molar-refractivity contribution in [3.8, 4) is 11.1 Å². The van der Waals surface area contributed by atoms with E-state index in [-0.39, 0.29) is 17.0 Å². The Labute approximate surface area is 153 Å². The maximum atomic E-state index is 14.2. The molecule has 5 atom stereocenters. The number of epoxide rings is 1. The molecule has 0 amide bonds. The zero-order valence-electron chi connectivity index (χ0n) is 14.6. The van der Waals surface area contributed by atoms with Gasteiger partial charge < -0.3 is 4.74 Å². The van der Waals surface area contributed by atoms with Gasteiger partial charge in [-0.2, -0.15) is 0 Å². The van der Waals surface area contributed by atoms with E-state index >= 15 is 0 Å². The molecule has 1 saturated heterocycles. The van der Waals surface area contributed by atoms with Crippen LogP contribution in [0, 0.1) is 23.6 Å². The summed E-state index contributed by atoms with van der Waals surface area (Å²) in [5.74, 6) is 1.50. The molecule has 0 radical (unpaired) electrons. The molecular weight excluding hydrogens is 335 g/mol. The van der Waals surface area contributed by atoms with Crippen LogP contribution in [0.3, 0.4) is 0 Å². The van der Waals surface area contributed by atoms with Crippen LogP contribution >= 0.6 is 11.6 Å². The predicted molar refractivity (Wildman–Crippen MR) is 98.0 cm³/mol. The van der Waals surface area contributed by atoms with E-state index in [2.05, 4.69) is 13.8 Å². The van der Waals surface area contributed by atoms with Crippen LogP contribution in [0.5, 0.6) is 0 Å². The fourth-order valence-corrected chi connectivity index (χ4v) is 6.15. The van der Waals surface area contributed by atoms with Gasteiger partial charge in [0.1, 0.15) is 17.0 Å². The predicted octanol–water partition coefficient (Wildman–Crippen LogP) is 6.20. The molecule has 5 unspecified atom stereocenters. The summed E-state index contributed by atoms with van der Waals surface area (Å²) in [6.07, 6.45) is 3.50. The third-order valence-corrected chi connectivity index (χ3v) is 7.01. The number of benzene rings is 2. The summed E-state index contributed by atoms with van der Waals surface area (Å²) in [6.45, 7) is 4.58. The van der Waals surface area contributed by atoms with Crippen molar-refractivity contribution in [3.05, 3.63) is 58.9 Å². The Morgan fingerprint density at radius 2 is 1.96 bits per heavy atom. The lowest BCUT2D eigenvalue weighted by molar-refractivity contribution is 0.148.